The normalized spacial score (nSPS) is 11.9. The molecule has 0 fully saturated rings. The summed E-state index contributed by atoms with van der Waals surface area (Å²) < 4.78 is 1.79. The minimum Gasteiger partial charge on any atom is -0.345 e. The Morgan fingerprint density at radius 1 is 1.21 bits per heavy atom. The summed E-state index contributed by atoms with van der Waals surface area (Å²) in [5.74, 6) is 0.596. The molecule has 5 nitrogen and oxygen atoms in total. The summed E-state index contributed by atoms with van der Waals surface area (Å²) in [6.45, 7) is 4.10. The number of aryl methyl sites for hydroxylation is 1. The maximum atomic E-state index is 12.4. The molecule has 3 rings (SSSR count). The second-order valence-electron chi connectivity index (χ2n) is 5.67. The molecule has 2 aromatic heterocycles. The molecule has 0 aliphatic carbocycles. The molecule has 1 atom stereocenters. The summed E-state index contributed by atoms with van der Waals surface area (Å²) in [4.78, 5) is 20.7. The maximum Gasteiger partial charge on any atom is 0.253 e. The number of hydrogen-bond donors (Lipinski definition) is 1. The van der Waals surface area contributed by atoms with Crippen LogP contribution in [0.1, 0.15) is 41.4 Å². The van der Waals surface area contributed by atoms with Gasteiger partial charge in [-0.25, -0.2) is 9.97 Å². The quantitative estimate of drug-likeness (QED) is 0.784. The number of pyridine rings is 1. The van der Waals surface area contributed by atoms with Crippen LogP contribution in [0.2, 0.25) is 0 Å². The van der Waals surface area contributed by atoms with E-state index in [1.54, 1.807) is 35.4 Å². The number of hydrogen-bond acceptors (Lipinski definition) is 3. The van der Waals surface area contributed by atoms with Gasteiger partial charge in [0.25, 0.3) is 5.91 Å². The second-order valence-corrected chi connectivity index (χ2v) is 5.67. The fraction of sp³-hybridized carbons (Fsp3) is 0.211. The van der Waals surface area contributed by atoms with Crippen molar-refractivity contribution in [2.45, 2.75) is 26.3 Å². The first-order chi connectivity index (χ1) is 11.7. The van der Waals surface area contributed by atoms with Gasteiger partial charge in [-0.2, -0.15) is 0 Å². The van der Waals surface area contributed by atoms with Gasteiger partial charge in [-0.1, -0.05) is 31.2 Å². The molecule has 0 aliphatic heterocycles. The van der Waals surface area contributed by atoms with Crippen LogP contribution in [0.3, 0.4) is 0 Å². The standard InChI is InChI=1S/C19H20N4O/c1-3-15-4-6-16(7-5-15)14(2)22-19(24)17-8-9-18(21-12-17)23-11-10-20-13-23/h4-14H,3H2,1-2H3,(H,22,24). The van der Waals surface area contributed by atoms with Crippen molar-refractivity contribution >= 4 is 5.91 Å². The van der Waals surface area contributed by atoms with Gasteiger partial charge in [0, 0.05) is 18.6 Å². The van der Waals surface area contributed by atoms with Crippen LogP contribution in [-0.2, 0) is 6.42 Å². The van der Waals surface area contributed by atoms with E-state index in [2.05, 4.69) is 46.5 Å². The minimum absolute atomic E-state index is 0.0586. The van der Waals surface area contributed by atoms with Crippen molar-refractivity contribution in [2.75, 3.05) is 0 Å². The summed E-state index contributed by atoms with van der Waals surface area (Å²) in [5.41, 5.74) is 2.91. The molecule has 1 N–H and O–H groups in total. The summed E-state index contributed by atoms with van der Waals surface area (Å²) in [5, 5.41) is 3.01. The predicted octanol–water partition coefficient (Wildman–Crippen LogP) is 3.32. The third-order valence-corrected chi connectivity index (χ3v) is 4.01. The zero-order chi connectivity index (χ0) is 16.9. The van der Waals surface area contributed by atoms with Crippen molar-refractivity contribution in [2.24, 2.45) is 0 Å². The predicted molar refractivity (Wildman–Crippen MR) is 93.1 cm³/mol. The van der Waals surface area contributed by atoms with Gasteiger partial charge in [-0.15, -0.1) is 0 Å². The molecule has 3 aromatic rings. The third-order valence-electron chi connectivity index (χ3n) is 4.01. The van der Waals surface area contributed by atoms with Crippen LogP contribution in [0.25, 0.3) is 5.82 Å². The van der Waals surface area contributed by atoms with Gasteiger partial charge in [-0.3, -0.25) is 9.36 Å². The lowest BCUT2D eigenvalue weighted by atomic mass is 10.0. The van der Waals surface area contributed by atoms with E-state index in [1.807, 2.05) is 13.1 Å². The largest absolute Gasteiger partial charge is 0.345 e. The number of aromatic nitrogens is 3. The second kappa shape index (κ2) is 7.08. The lowest BCUT2D eigenvalue weighted by Crippen LogP contribution is -2.26. The summed E-state index contributed by atoms with van der Waals surface area (Å²) >= 11 is 0. The molecule has 2 heterocycles. The van der Waals surface area contributed by atoms with Gasteiger partial charge in [0.15, 0.2) is 0 Å². The van der Waals surface area contributed by atoms with Crippen molar-refractivity contribution in [3.05, 3.63) is 78.0 Å². The molecule has 122 valence electrons. The van der Waals surface area contributed by atoms with Gasteiger partial charge < -0.3 is 5.32 Å². The molecular weight excluding hydrogens is 300 g/mol. The molecule has 0 bridgehead atoms. The molecular formula is C19H20N4O. The Morgan fingerprint density at radius 3 is 2.58 bits per heavy atom. The Labute approximate surface area is 141 Å². The molecule has 0 radical (unpaired) electrons. The van der Waals surface area contributed by atoms with Crippen molar-refractivity contribution in [1.29, 1.82) is 0 Å². The van der Waals surface area contributed by atoms with Gasteiger partial charge >= 0.3 is 0 Å². The first-order valence-corrected chi connectivity index (χ1v) is 8.01. The number of carbonyl (C=O) groups is 1. The molecule has 0 saturated carbocycles. The topological polar surface area (TPSA) is 59.8 Å². The van der Waals surface area contributed by atoms with E-state index in [-0.39, 0.29) is 11.9 Å². The number of benzene rings is 1. The van der Waals surface area contributed by atoms with Gasteiger partial charge in [0.05, 0.1) is 11.6 Å². The van der Waals surface area contributed by atoms with Crippen molar-refractivity contribution in [3.63, 3.8) is 0 Å². The van der Waals surface area contributed by atoms with Crippen LogP contribution < -0.4 is 5.32 Å². The fourth-order valence-corrected chi connectivity index (χ4v) is 2.47. The Kier molecular flexibility index (Phi) is 4.70. The van der Waals surface area contributed by atoms with Crippen LogP contribution >= 0.6 is 0 Å². The molecule has 24 heavy (non-hydrogen) atoms. The molecule has 0 saturated heterocycles. The Balaban J connectivity index is 1.67. The van der Waals surface area contributed by atoms with Gasteiger partial charge in [0.2, 0.25) is 0 Å². The van der Waals surface area contributed by atoms with E-state index in [4.69, 9.17) is 0 Å². The lowest BCUT2D eigenvalue weighted by molar-refractivity contribution is 0.0939. The van der Waals surface area contributed by atoms with Crippen LogP contribution in [0.15, 0.2) is 61.3 Å². The molecule has 1 aromatic carbocycles. The SMILES string of the molecule is CCc1ccc(C(C)NC(=O)c2ccc(-n3ccnc3)nc2)cc1. The molecule has 1 unspecified atom stereocenters. The summed E-state index contributed by atoms with van der Waals surface area (Å²) in [6.07, 6.45) is 7.76. The van der Waals surface area contributed by atoms with Crippen molar-refractivity contribution < 1.29 is 4.79 Å². The average Bonchev–Trinajstić information content (AvgIpc) is 3.16. The highest BCUT2D eigenvalue weighted by molar-refractivity contribution is 5.94. The van der Waals surface area contributed by atoms with Gasteiger partial charge in [0.1, 0.15) is 12.1 Å². The average molecular weight is 320 g/mol. The van der Waals surface area contributed by atoms with E-state index in [9.17, 15) is 4.79 Å². The number of amides is 1. The van der Waals surface area contributed by atoms with E-state index < -0.39 is 0 Å². The number of nitrogens with one attached hydrogen (secondary N) is 1. The van der Waals surface area contributed by atoms with E-state index in [0.29, 0.717) is 5.56 Å². The Bertz CT molecular complexity index is 792. The highest BCUT2D eigenvalue weighted by atomic mass is 16.1. The van der Waals surface area contributed by atoms with Crippen LogP contribution in [0.5, 0.6) is 0 Å². The molecule has 0 spiro atoms. The van der Waals surface area contributed by atoms with E-state index in [1.165, 1.54) is 5.56 Å². The minimum atomic E-state index is -0.133. The number of nitrogens with zero attached hydrogens (tertiary/aromatic N) is 3. The van der Waals surface area contributed by atoms with Crippen LogP contribution in [0, 0.1) is 0 Å². The molecule has 1 amide bonds. The highest BCUT2D eigenvalue weighted by Gasteiger charge is 2.12. The first kappa shape index (κ1) is 15.9. The number of imidazole rings is 1. The summed E-state index contributed by atoms with van der Waals surface area (Å²) in [6, 6.07) is 11.8. The number of rotatable bonds is 5. The summed E-state index contributed by atoms with van der Waals surface area (Å²) in [7, 11) is 0. The Morgan fingerprint density at radius 2 is 2.00 bits per heavy atom. The fourth-order valence-electron chi connectivity index (χ4n) is 2.47. The zero-order valence-electron chi connectivity index (χ0n) is 13.8. The first-order valence-electron chi connectivity index (χ1n) is 8.01. The Hall–Kier alpha value is -2.95. The smallest absolute Gasteiger partial charge is 0.253 e. The van der Waals surface area contributed by atoms with Crippen molar-refractivity contribution in [1.82, 2.24) is 19.9 Å². The molecule has 5 heteroatoms. The van der Waals surface area contributed by atoms with Crippen LogP contribution in [-0.4, -0.2) is 20.4 Å². The monoisotopic (exact) mass is 320 g/mol. The zero-order valence-corrected chi connectivity index (χ0v) is 13.8. The van der Waals surface area contributed by atoms with E-state index in [0.717, 1.165) is 17.8 Å². The number of carbonyl (C=O) groups excluding carboxylic acids is 1. The lowest BCUT2D eigenvalue weighted by Gasteiger charge is -2.15. The maximum absolute atomic E-state index is 12.4. The highest BCUT2D eigenvalue weighted by Crippen LogP contribution is 2.15. The van der Waals surface area contributed by atoms with E-state index >= 15 is 0 Å². The third kappa shape index (κ3) is 3.51. The molecule has 0 aliphatic rings. The van der Waals surface area contributed by atoms with Crippen molar-refractivity contribution in [3.8, 4) is 5.82 Å². The van der Waals surface area contributed by atoms with Gasteiger partial charge in [-0.05, 0) is 36.6 Å². The van der Waals surface area contributed by atoms with Crippen LogP contribution in [0.4, 0.5) is 0 Å².